The number of hydrogen-bond acceptors (Lipinski definition) is 5. The number of amides is 2. The molecule has 0 atom stereocenters. The van der Waals surface area contributed by atoms with E-state index in [9.17, 15) is 9.59 Å². The molecule has 0 bridgehead atoms. The molecule has 150 valence electrons. The third-order valence-electron chi connectivity index (χ3n) is 4.46. The summed E-state index contributed by atoms with van der Waals surface area (Å²) < 4.78 is 12.5. The molecule has 2 amide bonds. The summed E-state index contributed by atoms with van der Waals surface area (Å²) in [6, 6.07) is 7.18. The Morgan fingerprint density at radius 1 is 1.21 bits per heavy atom. The van der Waals surface area contributed by atoms with E-state index >= 15 is 0 Å². The predicted octanol–water partition coefficient (Wildman–Crippen LogP) is 2.97. The minimum Gasteiger partial charge on any atom is -0.495 e. The molecule has 0 unspecified atom stereocenters. The van der Waals surface area contributed by atoms with Crippen LogP contribution in [0.5, 0.6) is 5.75 Å². The summed E-state index contributed by atoms with van der Waals surface area (Å²) in [4.78, 5) is 26.9. The van der Waals surface area contributed by atoms with E-state index in [1.165, 1.54) is 0 Å². The second kappa shape index (κ2) is 7.53. The molecule has 0 aliphatic carbocycles. The summed E-state index contributed by atoms with van der Waals surface area (Å²) in [5.74, 6) is 0.225. The van der Waals surface area contributed by atoms with Gasteiger partial charge in [0.25, 0.3) is 5.91 Å². The zero-order valence-electron chi connectivity index (χ0n) is 16.9. The smallest absolute Gasteiger partial charge is 0.410 e. The molecule has 0 saturated heterocycles. The number of hydrogen-bond donors (Lipinski definition) is 1. The molecule has 28 heavy (non-hydrogen) atoms. The number of carbonyl (C=O) groups excluding carboxylic acids is 2. The van der Waals surface area contributed by atoms with E-state index in [0.29, 0.717) is 30.1 Å². The molecule has 0 spiro atoms. The largest absolute Gasteiger partial charge is 0.495 e. The average molecular weight is 386 g/mol. The van der Waals surface area contributed by atoms with Gasteiger partial charge in [0.2, 0.25) is 0 Å². The van der Waals surface area contributed by atoms with E-state index in [-0.39, 0.29) is 12.5 Å². The molecule has 8 heteroatoms. The fourth-order valence-corrected chi connectivity index (χ4v) is 3.19. The molecule has 1 aromatic carbocycles. The Morgan fingerprint density at radius 3 is 2.61 bits per heavy atom. The first-order valence-electron chi connectivity index (χ1n) is 9.16. The third-order valence-corrected chi connectivity index (χ3v) is 4.46. The Balaban J connectivity index is 1.83. The molecule has 8 nitrogen and oxygen atoms in total. The third kappa shape index (κ3) is 4.11. The number of ether oxygens (including phenoxy) is 2. The van der Waals surface area contributed by atoms with Crippen molar-refractivity contribution < 1.29 is 19.1 Å². The standard InChI is InChI=1S/C20H26N4O4/c1-20(2,3)28-19(26)24-11-10-15-13(12-24)17(22-23(15)4)18(25)21-14-8-6-7-9-16(14)27-5/h6-9H,10-12H2,1-5H3,(H,21,25). The number of rotatable bonds is 3. The molecule has 1 aromatic heterocycles. The van der Waals surface area contributed by atoms with Gasteiger partial charge in [0.1, 0.15) is 11.4 Å². The van der Waals surface area contributed by atoms with Gasteiger partial charge in [-0.25, -0.2) is 4.79 Å². The number of anilines is 1. The lowest BCUT2D eigenvalue weighted by molar-refractivity contribution is 0.0222. The van der Waals surface area contributed by atoms with Crippen molar-refractivity contribution in [3.05, 3.63) is 41.2 Å². The second-order valence-electron chi connectivity index (χ2n) is 7.70. The highest BCUT2D eigenvalue weighted by atomic mass is 16.6. The fourth-order valence-electron chi connectivity index (χ4n) is 3.19. The van der Waals surface area contributed by atoms with Gasteiger partial charge in [-0.15, -0.1) is 0 Å². The van der Waals surface area contributed by atoms with E-state index < -0.39 is 11.7 Å². The summed E-state index contributed by atoms with van der Waals surface area (Å²) in [5.41, 5.74) is 1.99. The van der Waals surface area contributed by atoms with Gasteiger partial charge in [-0.3, -0.25) is 9.48 Å². The summed E-state index contributed by atoms with van der Waals surface area (Å²) >= 11 is 0. The van der Waals surface area contributed by atoms with Crippen molar-refractivity contribution in [1.29, 1.82) is 0 Å². The Kier molecular flexibility index (Phi) is 5.31. The van der Waals surface area contributed by atoms with E-state index in [1.54, 1.807) is 28.8 Å². The van der Waals surface area contributed by atoms with Crippen molar-refractivity contribution in [1.82, 2.24) is 14.7 Å². The summed E-state index contributed by atoms with van der Waals surface area (Å²) in [7, 11) is 3.36. The second-order valence-corrected chi connectivity index (χ2v) is 7.70. The lowest BCUT2D eigenvalue weighted by Crippen LogP contribution is -2.40. The van der Waals surface area contributed by atoms with Crippen LogP contribution in [0.25, 0.3) is 0 Å². The van der Waals surface area contributed by atoms with Crippen molar-refractivity contribution >= 4 is 17.7 Å². The number of benzene rings is 1. The molecule has 3 rings (SSSR count). The molecule has 1 aliphatic rings. The highest BCUT2D eigenvalue weighted by molar-refractivity contribution is 6.04. The van der Waals surface area contributed by atoms with Gasteiger partial charge in [0.15, 0.2) is 5.69 Å². The van der Waals surface area contributed by atoms with E-state index in [2.05, 4.69) is 10.4 Å². The van der Waals surface area contributed by atoms with Crippen molar-refractivity contribution in [3.8, 4) is 5.75 Å². The number of nitrogens with zero attached hydrogens (tertiary/aromatic N) is 3. The van der Waals surface area contributed by atoms with Crippen LogP contribution in [0.2, 0.25) is 0 Å². The quantitative estimate of drug-likeness (QED) is 0.876. The van der Waals surface area contributed by atoms with Crippen LogP contribution in [0.3, 0.4) is 0 Å². The maximum Gasteiger partial charge on any atom is 0.410 e. The number of aromatic nitrogens is 2. The normalized spacial score (nSPS) is 13.7. The van der Waals surface area contributed by atoms with Crippen LogP contribution >= 0.6 is 0 Å². The van der Waals surface area contributed by atoms with Gasteiger partial charge in [0, 0.05) is 31.3 Å². The summed E-state index contributed by atoms with van der Waals surface area (Å²) in [5, 5.41) is 7.25. The monoisotopic (exact) mass is 386 g/mol. The number of nitrogens with one attached hydrogen (secondary N) is 1. The van der Waals surface area contributed by atoms with Gasteiger partial charge < -0.3 is 19.7 Å². The number of aryl methyl sites for hydroxylation is 1. The Labute approximate surface area is 164 Å². The fraction of sp³-hybridized carbons (Fsp3) is 0.450. The SMILES string of the molecule is COc1ccccc1NC(=O)c1nn(C)c2c1CN(C(=O)OC(C)(C)C)CC2. The number of methoxy groups -OCH3 is 1. The average Bonchev–Trinajstić information content (AvgIpc) is 2.97. The van der Waals surface area contributed by atoms with Crippen LogP contribution in [0, 0.1) is 0 Å². The number of carbonyl (C=O) groups is 2. The van der Waals surface area contributed by atoms with Gasteiger partial charge in [0.05, 0.1) is 19.3 Å². The zero-order valence-corrected chi connectivity index (χ0v) is 16.9. The van der Waals surface area contributed by atoms with Crippen LogP contribution in [0.4, 0.5) is 10.5 Å². The lowest BCUT2D eigenvalue weighted by Gasteiger charge is -2.30. The van der Waals surface area contributed by atoms with Crippen molar-refractivity contribution in [3.63, 3.8) is 0 Å². The van der Waals surface area contributed by atoms with Crippen LogP contribution in [0.15, 0.2) is 24.3 Å². The minimum absolute atomic E-state index is 0.284. The first kappa shape index (κ1) is 19.7. The molecule has 2 heterocycles. The number of fused-ring (bicyclic) bond motifs is 1. The zero-order chi connectivity index (χ0) is 20.5. The van der Waals surface area contributed by atoms with Gasteiger partial charge >= 0.3 is 6.09 Å². The minimum atomic E-state index is -0.573. The maximum absolute atomic E-state index is 12.9. The van der Waals surface area contributed by atoms with Gasteiger partial charge in [-0.1, -0.05) is 12.1 Å². The molecule has 2 aromatic rings. The van der Waals surface area contributed by atoms with E-state index in [4.69, 9.17) is 9.47 Å². The highest BCUT2D eigenvalue weighted by Gasteiger charge is 2.31. The Hall–Kier alpha value is -3.03. The van der Waals surface area contributed by atoms with Crippen LogP contribution in [-0.2, 0) is 24.8 Å². The predicted molar refractivity (Wildman–Crippen MR) is 105 cm³/mol. The maximum atomic E-state index is 12.9. The molecule has 0 saturated carbocycles. The van der Waals surface area contributed by atoms with E-state index in [1.807, 2.05) is 40.0 Å². The van der Waals surface area contributed by atoms with Crippen molar-refractivity contribution in [2.45, 2.75) is 39.3 Å². The molecule has 0 radical (unpaired) electrons. The van der Waals surface area contributed by atoms with Crippen molar-refractivity contribution in [2.75, 3.05) is 19.0 Å². The van der Waals surface area contributed by atoms with Gasteiger partial charge in [-0.05, 0) is 32.9 Å². The van der Waals surface area contributed by atoms with Gasteiger partial charge in [-0.2, -0.15) is 5.10 Å². The topological polar surface area (TPSA) is 85.7 Å². The highest BCUT2D eigenvalue weighted by Crippen LogP contribution is 2.27. The first-order valence-corrected chi connectivity index (χ1v) is 9.16. The van der Waals surface area contributed by atoms with Crippen molar-refractivity contribution in [2.24, 2.45) is 7.05 Å². The summed E-state index contributed by atoms with van der Waals surface area (Å²) in [6.45, 7) is 6.30. The Bertz CT molecular complexity index is 898. The molecular formula is C20H26N4O4. The van der Waals surface area contributed by atoms with Crippen LogP contribution in [-0.4, -0.2) is 45.9 Å². The molecular weight excluding hydrogens is 360 g/mol. The summed E-state index contributed by atoms with van der Waals surface area (Å²) in [6.07, 6.45) is 0.220. The lowest BCUT2D eigenvalue weighted by atomic mass is 10.0. The first-order chi connectivity index (χ1) is 13.2. The molecule has 0 fully saturated rings. The Morgan fingerprint density at radius 2 is 1.93 bits per heavy atom. The molecule has 1 N–H and O–H groups in total. The number of para-hydroxylation sites is 2. The van der Waals surface area contributed by atoms with E-state index in [0.717, 1.165) is 11.3 Å². The van der Waals surface area contributed by atoms with Crippen LogP contribution < -0.4 is 10.1 Å². The van der Waals surface area contributed by atoms with Crippen LogP contribution in [0.1, 0.15) is 42.5 Å². The molecule has 1 aliphatic heterocycles.